The minimum Gasteiger partial charge on any atom is -0.494 e. The normalized spacial score (nSPS) is 10.9. The number of nitrogens with zero attached hydrogens (tertiary/aromatic N) is 2. The smallest absolute Gasteiger partial charge is 0.340 e. The highest BCUT2D eigenvalue weighted by Gasteiger charge is 2.24. The molecular formula is C15H17ClN2O3. The fraction of sp³-hybridized carbons (Fsp3) is 0.333. The number of rotatable bonds is 5. The first kappa shape index (κ1) is 15.4. The van der Waals surface area contributed by atoms with Crippen molar-refractivity contribution in [3.05, 3.63) is 40.7 Å². The van der Waals surface area contributed by atoms with Gasteiger partial charge in [0, 0.05) is 0 Å². The van der Waals surface area contributed by atoms with Crippen LogP contribution in [0.3, 0.4) is 0 Å². The van der Waals surface area contributed by atoms with Crippen molar-refractivity contribution in [1.82, 2.24) is 9.78 Å². The maximum atomic E-state index is 11.5. The van der Waals surface area contributed by atoms with E-state index in [1.54, 1.807) is 19.2 Å². The molecule has 0 fully saturated rings. The van der Waals surface area contributed by atoms with Crippen LogP contribution in [0.2, 0.25) is 5.15 Å². The lowest BCUT2D eigenvalue weighted by Crippen LogP contribution is -2.03. The minimum atomic E-state index is -1.07. The van der Waals surface area contributed by atoms with E-state index in [0.29, 0.717) is 23.6 Å². The number of carbonyl (C=O) groups is 1. The monoisotopic (exact) mass is 308 g/mol. The molecule has 0 aliphatic heterocycles. The number of aromatic nitrogens is 2. The molecule has 0 aliphatic rings. The van der Waals surface area contributed by atoms with E-state index >= 15 is 0 Å². The quantitative estimate of drug-likeness (QED) is 0.919. The van der Waals surface area contributed by atoms with Gasteiger partial charge in [-0.1, -0.05) is 37.6 Å². The number of hydrogen-bond acceptors (Lipinski definition) is 3. The maximum Gasteiger partial charge on any atom is 0.340 e. The zero-order valence-corrected chi connectivity index (χ0v) is 12.9. The van der Waals surface area contributed by atoms with Crippen LogP contribution in [0.4, 0.5) is 0 Å². The van der Waals surface area contributed by atoms with Crippen molar-refractivity contribution < 1.29 is 14.6 Å². The average Bonchev–Trinajstić information content (AvgIpc) is 2.74. The number of methoxy groups -OCH3 is 1. The Labute approximate surface area is 128 Å². The number of carboxylic acids is 1. The summed E-state index contributed by atoms with van der Waals surface area (Å²) in [6.45, 7) is 4.00. The van der Waals surface area contributed by atoms with Gasteiger partial charge >= 0.3 is 5.97 Å². The Balaban J connectivity index is 2.62. The zero-order chi connectivity index (χ0) is 15.6. The summed E-state index contributed by atoms with van der Waals surface area (Å²) < 4.78 is 6.70. The third-order valence-corrected chi connectivity index (χ3v) is 3.38. The molecule has 0 spiro atoms. The van der Waals surface area contributed by atoms with Crippen LogP contribution >= 0.6 is 11.6 Å². The van der Waals surface area contributed by atoms with Gasteiger partial charge in [-0.2, -0.15) is 5.10 Å². The molecule has 0 unspecified atom stereocenters. The van der Waals surface area contributed by atoms with E-state index in [1.165, 1.54) is 4.68 Å². The first-order valence-corrected chi connectivity index (χ1v) is 6.97. The Hall–Kier alpha value is -2.01. The molecule has 1 N–H and O–H groups in total. The third-order valence-electron chi connectivity index (χ3n) is 3.03. The zero-order valence-electron chi connectivity index (χ0n) is 12.1. The van der Waals surface area contributed by atoms with E-state index < -0.39 is 5.97 Å². The van der Waals surface area contributed by atoms with E-state index in [-0.39, 0.29) is 16.6 Å². The molecular weight excluding hydrogens is 292 g/mol. The highest BCUT2D eigenvalue weighted by atomic mass is 35.5. The molecule has 0 saturated heterocycles. The van der Waals surface area contributed by atoms with Crippen LogP contribution in [0, 0.1) is 5.92 Å². The molecule has 0 saturated carbocycles. The second-order valence-corrected chi connectivity index (χ2v) is 5.46. The van der Waals surface area contributed by atoms with E-state index in [9.17, 15) is 9.90 Å². The van der Waals surface area contributed by atoms with Gasteiger partial charge in [-0.25, -0.2) is 9.48 Å². The van der Waals surface area contributed by atoms with Gasteiger partial charge in [-0.3, -0.25) is 0 Å². The summed E-state index contributed by atoms with van der Waals surface area (Å²) in [5.41, 5.74) is 1.15. The maximum absolute atomic E-state index is 11.5. The number of benzene rings is 1. The predicted molar refractivity (Wildman–Crippen MR) is 80.6 cm³/mol. The highest BCUT2D eigenvalue weighted by Crippen LogP contribution is 2.29. The molecule has 112 valence electrons. The molecule has 0 bridgehead atoms. The second kappa shape index (κ2) is 6.18. The van der Waals surface area contributed by atoms with Gasteiger partial charge in [0.05, 0.1) is 12.8 Å². The van der Waals surface area contributed by atoms with Gasteiger partial charge in [-0.05, 0) is 24.5 Å². The fourth-order valence-electron chi connectivity index (χ4n) is 2.15. The lowest BCUT2D eigenvalue weighted by atomic mass is 10.1. The highest BCUT2D eigenvalue weighted by molar-refractivity contribution is 6.33. The topological polar surface area (TPSA) is 64.4 Å². The molecule has 0 aliphatic carbocycles. The van der Waals surface area contributed by atoms with Crippen molar-refractivity contribution in [1.29, 1.82) is 0 Å². The molecule has 6 heteroatoms. The van der Waals surface area contributed by atoms with Crippen molar-refractivity contribution in [3.8, 4) is 11.4 Å². The number of halogens is 1. The van der Waals surface area contributed by atoms with Gasteiger partial charge in [0.1, 0.15) is 22.2 Å². The van der Waals surface area contributed by atoms with Gasteiger partial charge in [0.2, 0.25) is 0 Å². The van der Waals surface area contributed by atoms with Crippen molar-refractivity contribution >= 4 is 17.6 Å². The van der Waals surface area contributed by atoms with Gasteiger partial charge in [-0.15, -0.1) is 0 Å². The Morgan fingerprint density at radius 3 is 2.67 bits per heavy atom. The lowest BCUT2D eigenvalue weighted by Gasteiger charge is -2.08. The summed E-state index contributed by atoms with van der Waals surface area (Å²) in [7, 11) is 1.55. The summed E-state index contributed by atoms with van der Waals surface area (Å²) in [6.07, 6.45) is 0.545. The van der Waals surface area contributed by atoms with Crippen LogP contribution < -0.4 is 4.74 Å². The van der Waals surface area contributed by atoms with Crippen LogP contribution in [-0.2, 0) is 6.42 Å². The largest absolute Gasteiger partial charge is 0.494 e. The van der Waals surface area contributed by atoms with E-state index in [1.807, 2.05) is 26.0 Å². The van der Waals surface area contributed by atoms with E-state index in [4.69, 9.17) is 16.3 Å². The standard InChI is InChI=1S/C15H17ClN2O3/c1-9(2)8-10-13(15(19)20)14(16)18(17-10)11-6-4-5-7-12(11)21-3/h4-7,9H,8H2,1-3H3,(H,19,20). The number of aromatic carboxylic acids is 1. The van der Waals surface area contributed by atoms with Crippen molar-refractivity contribution in [2.75, 3.05) is 7.11 Å². The molecule has 1 aromatic carbocycles. The van der Waals surface area contributed by atoms with Crippen molar-refractivity contribution in [2.45, 2.75) is 20.3 Å². The number of para-hydroxylation sites is 2. The van der Waals surface area contributed by atoms with E-state index in [2.05, 4.69) is 5.10 Å². The number of hydrogen-bond donors (Lipinski definition) is 1. The van der Waals surface area contributed by atoms with Crippen LogP contribution in [0.1, 0.15) is 29.9 Å². The van der Waals surface area contributed by atoms with Crippen LogP contribution in [0.5, 0.6) is 5.75 Å². The molecule has 0 radical (unpaired) electrons. The van der Waals surface area contributed by atoms with Crippen LogP contribution in [0.15, 0.2) is 24.3 Å². The summed E-state index contributed by atoms with van der Waals surface area (Å²) in [5.74, 6) is -0.216. The van der Waals surface area contributed by atoms with Gasteiger partial charge in [0.25, 0.3) is 0 Å². The molecule has 21 heavy (non-hydrogen) atoms. The Morgan fingerprint density at radius 2 is 2.10 bits per heavy atom. The lowest BCUT2D eigenvalue weighted by molar-refractivity contribution is 0.0695. The average molecular weight is 309 g/mol. The summed E-state index contributed by atoms with van der Waals surface area (Å²) >= 11 is 6.24. The Kier molecular flexibility index (Phi) is 4.53. The Bertz CT molecular complexity index is 665. The first-order chi connectivity index (χ1) is 9.95. The first-order valence-electron chi connectivity index (χ1n) is 6.59. The van der Waals surface area contributed by atoms with E-state index in [0.717, 1.165) is 0 Å². The predicted octanol–water partition coefficient (Wildman–Crippen LogP) is 3.43. The molecule has 0 atom stereocenters. The minimum absolute atomic E-state index is 0.0521. The third kappa shape index (κ3) is 3.03. The van der Waals surface area contributed by atoms with Gasteiger partial charge < -0.3 is 9.84 Å². The molecule has 1 heterocycles. The van der Waals surface area contributed by atoms with Crippen molar-refractivity contribution in [2.24, 2.45) is 5.92 Å². The molecule has 5 nitrogen and oxygen atoms in total. The Morgan fingerprint density at radius 1 is 1.43 bits per heavy atom. The van der Waals surface area contributed by atoms with Crippen molar-refractivity contribution in [3.63, 3.8) is 0 Å². The summed E-state index contributed by atoms with van der Waals surface area (Å²) in [4.78, 5) is 11.5. The van der Waals surface area contributed by atoms with Crippen LogP contribution in [-0.4, -0.2) is 28.0 Å². The fourth-order valence-corrected chi connectivity index (χ4v) is 2.46. The van der Waals surface area contributed by atoms with Crippen LogP contribution in [0.25, 0.3) is 5.69 Å². The SMILES string of the molecule is COc1ccccc1-n1nc(CC(C)C)c(C(=O)O)c1Cl. The molecule has 0 amide bonds. The van der Waals surface area contributed by atoms with Gasteiger partial charge in [0.15, 0.2) is 0 Å². The summed E-state index contributed by atoms with van der Waals surface area (Å²) in [6, 6.07) is 7.20. The number of carboxylic acid groups (broad SMARTS) is 1. The molecule has 1 aromatic heterocycles. The molecule has 2 rings (SSSR count). The molecule has 2 aromatic rings. The number of ether oxygens (including phenoxy) is 1. The second-order valence-electron chi connectivity index (χ2n) is 5.10. The summed E-state index contributed by atoms with van der Waals surface area (Å²) in [5, 5.41) is 13.8.